The Kier molecular flexibility index (Phi) is 4.28. The molecule has 1 aliphatic heterocycles. The number of amides is 1. The second-order valence-electron chi connectivity index (χ2n) is 4.67. The first-order valence-electron chi connectivity index (χ1n) is 6.41. The minimum Gasteiger partial charge on any atom is -0.477 e. The van der Waals surface area contributed by atoms with Crippen molar-refractivity contribution in [3.63, 3.8) is 0 Å². The predicted octanol–water partition coefficient (Wildman–Crippen LogP) is 2.07. The predicted molar refractivity (Wildman–Crippen MR) is 74.7 cm³/mol. The second-order valence-corrected chi connectivity index (χ2v) is 4.67. The number of hydrogen-bond acceptors (Lipinski definition) is 5. The van der Waals surface area contributed by atoms with E-state index in [2.05, 4.69) is 26.4 Å². The molecule has 0 bridgehead atoms. The number of carboxylic acids is 1. The van der Waals surface area contributed by atoms with Crippen molar-refractivity contribution in [2.75, 3.05) is 5.32 Å². The highest BCUT2D eigenvalue weighted by molar-refractivity contribution is 5.91. The summed E-state index contributed by atoms with van der Waals surface area (Å²) >= 11 is 0. The summed E-state index contributed by atoms with van der Waals surface area (Å²) in [7, 11) is 0. The third-order valence-electron chi connectivity index (χ3n) is 3.07. The summed E-state index contributed by atoms with van der Waals surface area (Å²) in [4.78, 5) is 26.2. The highest BCUT2D eigenvalue weighted by Crippen LogP contribution is 2.37. The lowest BCUT2D eigenvalue weighted by atomic mass is 10.0. The lowest BCUT2D eigenvalue weighted by molar-refractivity contribution is -0.116. The van der Waals surface area contributed by atoms with E-state index in [1.807, 2.05) is 0 Å². The Hall–Kier alpha value is -2.75. The number of pyridine rings is 1. The van der Waals surface area contributed by atoms with Crippen molar-refractivity contribution in [3.8, 4) is 12.3 Å². The largest absolute Gasteiger partial charge is 0.477 e. The highest BCUT2D eigenvalue weighted by atomic mass is 16.4. The molecule has 0 aromatic carbocycles. The van der Waals surface area contributed by atoms with E-state index in [4.69, 9.17) is 11.5 Å². The van der Waals surface area contributed by atoms with E-state index in [-0.39, 0.29) is 18.0 Å². The van der Waals surface area contributed by atoms with Crippen LogP contribution in [0.25, 0.3) is 0 Å². The number of anilines is 1. The Morgan fingerprint density at radius 1 is 1.33 bits per heavy atom. The van der Waals surface area contributed by atoms with Crippen LogP contribution >= 0.6 is 0 Å². The van der Waals surface area contributed by atoms with E-state index in [9.17, 15) is 9.59 Å². The fourth-order valence-corrected chi connectivity index (χ4v) is 1.80. The van der Waals surface area contributed by atoms with E-state index in [0.717, 1.165) is 0 Å². The molecule has 0 fully saturated rings. The van der Waals surface area contributed by atoms with Gasteiger partial charge in [0.15, 0.2) is 5.66 Å². The van der Waals surface area contributed by atoms with Crippen molar-refractivity contribution in [1.29, 1.82) is 0 Å². The minimum absolute atomic E-state index is 0.0724. The highest BCUT2D eigenvalue weighted by Gasteiger charge is 2.39. The number of nitrogens with one attached hydrogen (secondary N) is 1. The van der Waals surface area contributed by atoms with Crippen molar-refractivity contribution >= 4 is 17.6 Å². The molecule has 0 atom stereocenters. The third-order valence-corrected chi connectivity index (χ3v) is 3.07. The molecule has 7 nitrogen and oxygen atoms in total. The lowest BCUT2D eigenvalue weighted by Crippen LogP contribution is -2.17. The van der Waals surface area contributed by atoms with E-state index >= 15 is 0 Å². The Labute approximate surface area is 121 Å². The molecule has 1 aromatic heterocycles. The molecule has 1 amide bonds. The summed E-state index contributed by atoms with van der Waals surface area (Å²) in [5, 5.41) is 19.3. The number of aromatic nitrogens is 1. The van der Waals surface area contributed by atoms with Crippen LogP contribution in [-0.4, -0.2) is 27.6 Å². The Morgan fingerprint density at radius 3 is 2.62 bits per heavy atom. The molecule has 1 aliphatic rings. The van der Waals surface area contributed by atoms with Gasteiger partial charge in [0.25, 0.3) is 0 Å². The van der Waals surface area contributed by atoms with Crippen LogP contribution in [0.4, 0.5) is 5.69 Å². The topological polar surface area (TPSA) is 104 Å². The number of carbonyl (C=O) groups excluding carboxylic acids is 1. The molecule has 0 saturated heterocycles. The number of terminal acetylenes is 1. The number of hydrogen-bond donors (Lipinski definition) is 2. The SMILES string of the molecule is C#CCCC1(CCC(=O)Nc2ccc(C(=O)O)nc2)N=N1. The molecule has 0 saturated carbocycles. The number of aromatic carboxylic acids is 1. The second kappa shape index (κ2) is 6.13. The monoisotopic (exact) mass is 286 g/mol. The van der Waals surface area contributed by atoms with Gasteiger partial charge in [-0.3, -0.25) is 4.79 Å². The minimum atomic E-state index is -1.11. The summed E-state index contributed by atoms with van der Waals surface area (Å²) in [6.07, 6.45) is 8.51. The first-order valence-corrected chi connectivity index (χ1v) is 6.41. The van der Waals surface area contributed by atoms with E-state index in [1.165, 1.54) is 18.3 Å². The van der Waals surface area contributed by atoms with Crippen molar-refractivity contribution in [2.24, 2.45) is 10.2 Å². The molecule has 2 N–H and O–H groups in total. The maximum Gasteiger partial charge on any atom is 0.354 e. The van der Waals surface area contributed by atoms with E-state index in [0.29, 0.717) is 24.9 Å². The third kappa shape index (κ3) is 4.11. The van der Waals surface area contributed by atoms with Gasteiger partial charge in [0.1, 0.15) is 5.69 Å². The fourth-order valence-electron chi connectivity index (χ4n) is 1.80. The van der Waals surface area contributed by atoms with E-state index < -0.39 is 11.6 Å². The summed E-state index contributed by atoms with van der Waals surface area (Å²) in [5.74, 6) is 1.22. The number of carboxylic acid groups (broad SMARTS) is 1. The summed E-state index contributed by atoms with van der Waals surface area (Å²) in [5.41, 5.74) is -0.0982. The standard InChI is InChI=1S/C14H14N4O3/c1-2-3-7-14(17-18-14)8-6-12(19)16-10-4-5-11(13(20)21)15-9-10/h1,4-5,9H,3,6-8H2,(H,16,19)(H,20,21). The van der Waals surface area contributed by atoms with Crippen molar-refractivity contribution in [3.05, 3.63) is 24.0 Å². The van der Waals surface area contributed by atoms with Gasteiger partial charge >= 0.3 is 5.97 Å². The molecule has 0 unspecified atom stereocenters. The van der Waals surface area contributed by atoms with Gasteiger partial charge < -0.3 is 10.4 Å². The van der Waals surface area contributed by atoms with Gasteiger partial charge in [0.05, 0.1) is 11.9 Å². The van der Waals surface area contributed by atoms with Crippen LogP contribution in [0.3, 0.4) is 0 Å². The maximum atomic E-state index is 11.8. The molecule has 21 heavy (non-hydrogen) atoms. The van der Waals surface area contributed by atoms with Gasteiger partial charge in [0, 0.05) is 25.7 Å². The van der Waals surface area contributed by atoms with Crippen LogP contribution in [0.15, 0.2) is 28.6 Å². The maximum absolute atomic E-state index is 11.8. The van der Waals surface area contributed by atoms with Crippen molar-refractivity contribution < 1.29 is 14.7 Å². The molecule has 2 heterocycles. The van der Waals surface area contributed by atoms with Gasteiger partial charge in [-0.25, -0.2) is 9.78 Å². The Balaban J connectivity index is 1.79. The normalized spacial score (nSPS) is 14.2. The van der Waals surface area contributed by atoms with E-state index in [1.54, 1.807) is 0 Å². The fraction of sp³-hybridized carbons (Fsp3) is 0.357. The van der Waals surface area contributed by atoms with Crippen LogP contribution in [0.5, 0.6) is 0 Å². The zero-order valence-corrected chi connectivity index (χ0v) is 11.2. The molecular weight excluding hydrogens is 272 g/mol. The van der Waals surface area contributed by atoms with Gasteiger partial charge in [-0.1, -0.05) is 0 Å². The summed E-state index contributed by atoms with van der Waals surface area (Å²) < 4.78 is 0. The van der Waals surface area contributed by atoms with Crippen LogP contribution in [0.2, 0.25) is 0 Å². The smallest absolute Gasteiger partial charge is 0.354 e. The Morgan fingerprint density at radius 2 is 2.10 bits per heavy atom. The molecule has 108 valence electrons. The molecule has 0 radical (unpaired) electrons. The molecule has 0 spiro atoms. The van der Waals surface area contributed by atoms with Crippen molar-refractivity contribution in [1.82, 2.24) is 4.98 Å². The van der Waals surface area contributed by atoms with Crippen molar-refractivity contribution in [2.45, 2.75) is 31.3 Å². The zero-order valence-electron chi connectivity index (χ0n) is 11.2. The molecule has 0 aliphatic carbocycles. The van der Waals surface area contributed by atoms with Crippen LogP contribution < -0.4 is 5.32 Å². The van der Waals surface area contributed by atoms with Crippen LogP contribution in [0.1, 0.15) is 36.2 Å². The van der Waals surface area contributed by atoms with Gasteiger partial charge in [0.2, 0.25) is 5.91 Å². The molecule has 7 heteroatoms. The molecular formula is C14H14N4O3. The lowest BCUT2D eigenvalue weighted by Gasteiger charge is -2.09. The van der Waals surface area contributed by atoms with Crippen LogP contribution in [-0.2, 0) is 4.79 Å². The number of rotatable bonds is 7. The Bertz CT molecular complexity index is 610. The number of carbonyl (C=O) groups is 2. The average Bonchev–Trinajstić information content (AvgIpc) is 3.24. The average molecular weight is 286 g/mol. The van der Waals surface area contributed by atoms with Gasteiger partial charge in [-0.15, -0.1) is 12.3 Å². The van der Waals surface area contributed by atoms with Crippen LogP contribution in [0, 0.1) is 12.3 Å². The first kappa shape index (κ1) is 14.7. The quantitative estimate of drug-likeness (QED) is 0.748. The summed E-state index contributed by atoms with van der Waals surface area (Å²) in [6.45, 7) is 0. The first-order chi connectivity index (χ1) is 10.0. The molecule has 2 rings (SSSR count). The zero-order chi connectivity index (χ0) is 15.3. The summed E-state index contributed by atoms with van der Waals surface area (Å²) in [6, 6.07) is 2.83. The van der Waals surface area contributed by atoms with Gasteiger partial charge in [-0.05, 0) is 12.1 Å². The molecule has 1 aromatic rings. The van der Waals surface area contributed by atoms with Gasteiger partial charge in [-0.2, -0.15) is 10.2 Å². The number of nitrogens with zero attached hydrogens (tertiary/aromatic N) is 3.